The number of nitrogens with zero attached hydrogens (tertiary/aromatic N) is 3. The van der Waals surface area contributed by atoms with Gasteiger partial charge in [0.05, 0.1) is 24.4 Å². The molecule has 6 nitrogen and oxygen atoms in total. The number of hydrogen-bond donors (Lipinski definition) is 2. The predicted octanol–water partition coefficient (Wildman–Crippen LogP) is 2.50. The Hall–Kier alpha value is -1.96. The summed E-state index contributed by atoms with van der Waals surface area (Å²) in [4.78, 5) is 6.76. The van der Waals surface area contributed by atoms with Gasteiger partial charge in [0.15, 0.2) is 5.11 Å². The predicted molar refractivity (Wildman–Crippen MR) is 110 cm³/mol. The van der Waals surface area contributed by atoms with Crippen LogP contribution in [0.4, 0.5) is 0 Å². The third-order valence-electron chi connectivity index (χ3n) is 5.21. The molecule has 1 aliphatic heterocycles. The highest BCUT2D eigenvalue weighted by Gasteiger charge is 2.40. The van der Waals surface area contributed by atoms with Crippen LogP contribution in [-0.4, -0.2) is 51.5 Å². The molecule has 0 amide bonds. The van der Waals surface area contributed by atoms with Crippen molar-refractivity contribution in [2.45, 2.75) is 38.9 Å². The third kappa shape index (κ3) is 4.00. The second-order valence-electron chi connectivity index (χ2n) is 6.87. The molecule has 3 heterocycles. The van der Waals surface area contributed by atoms with Crippen LogP contribution in [0.5, 0.6) is 0 Å². The van der Waals surface area contributed by atoms with Gasteiger partial charge in [-0.1, -0.05) is 6.07 Å². The van der Waals surface area contributed by atoms with Crippen LogP contribution in [0.15, 0.2) is 30.5 Å². The van der Waals surface area contributed by atoms with Crippen molar-refractivity contribution in [2.24, 2.45) is 0 Å². The molecule has 1 saturated heterocycles. The molecule has 0 unspecified atom stereocenters. The summed E-state index contributed by atoms with van der Waals surface area (Å²) in [5.41, 5.74) is 4.64. The SMILES string of the molecule is COCCn1c(C)cc([C@@H]2[C@@H](c3ccccn3)NC(=S)N2CCCO)c1C. The van der Waals surface area contributed by atoms with Crippen LogP contribution < -0.4 is 5.32 Å². The quantitative estimate of drug-likeness (QED) is 0.678. The zero-order valence-corrected chi connectivity index (χ0v) is 17.0. The lowest BCUT2D eigenvalue weighted by molar-refractivity contribution is 0.186. The molecule has 27 heavy (non-hydrogen) atoms. The lowest BCUT2D eigenvalue weighted by atomic mass is 9.96. The first-order chi connectivity index (χ1) is 13.1. The molecule has 1 aliphatic rings. The highest BCUT2D eigenvalue weighted by atomic mass is 32.1. The number of rotatable bonds is 8. The smallest absolute Gasteiger partial charge is 0.170 e. The van der Waals surface area contributed by atoms with Gasteiger partial charge in [-0.15, -0.1) is 0 Å². The summed E-state index contributed by atoms with van der Waals surface area (Å²) >= 11 is 5.64. The number of aromatic nitrogens is 2. The first-order valence-corrected chi connectivity index (χ1v) is 9.73. The van der Waals surface area contributed by atoms with Crippen molar-refractivity contribution in [1.82, 2.24) is 19.8 Å². The molecule has 2 aromatic heterocycles. The van der Waals surface area contributed by atoms with Crippen LogP contribution in [0.2, 0.25) is 0 Å². The average Bonchev–Trinajstić information content (AvgIpc) is 3.15. The molecule has 1 fully saturated rings. The standard InChI is InChI=1S/C20H28N4O2S/c1-14-13-16(15(2)23(14)10-12-26-3)19-18(17-7-4-5-8-21-17)22-20(27)24(19)9-6-11-25/h4-5,7-8,13,18-19,25H,6,9-12H2,1-3H3,(H,22,27)/t18-,19-/m1/s1. The van der Waals surface area contributed by atoms with E-state index in [4.69, 9.17) is 17.0 Å². The molecule has 0 spiro atoms. The van der Waals surface area contributed by atoms with Gasteiger partial charge in [-0.05, 0) is 56.2 Å². The van der Waals surface area contributed by atoms with Crippen LogP contribution in [0.3, 0.4) is 0 Å². The third-order valence-corrected chi connectivity index (χ3v) is 5.56. The minimum absolute atomic E-state index is 0.0197. The summed E-state index contributed by atoms with van der Waals surface area (Å²) in [6.45, 7) is 6.63. The Balaban J connectivity index is 2.02. The summed E-state index contributed by atoms with van der Waals surface area (Å²) in [6.07, 6.45) is 2.49. The van der Waals surface area contributed by atoms with Crippen LogP contribution >= 0.6 is 12.2 Å². The molecule has 3 rings (SSSR count). The molecule has 2 atom stereocenters. The Bertz CT molecular complexity index is 778. The Labute approximate surface area is 166 Å². The maximum absolute atomic E-state index is 9.33. The number of aryl methyl sites for hydroxylation is 1. The summed E-state index contributed by atoms with van der Waals surface area (Å²) in [5.74, 6) is 0. The van der Waals surface area contributed by atoms with Gasteiger partial charge in [-0.3, -0.25) is 4.98 Å². The number of aliphatic hydroxyl groups excluding tert-OH is 1. The maximum atomic E-state index is 9.33. The first-order valence-electron chi connectivity index (χ1n) is 9.33. The van der Waals surface area contributed by atoms with Crippen molar-refractivity contribution in [1.29, 1.82) is 0 Å². The second-order valence-corrected chi connectivity index (χ2v) is 7.25. The van der Waals surface area contributed by atoms with E-state index in [9.17, 15) is 5.11 Å². The number of aliphatic hydroxyl groups is 1. The van der Waals surface area contributed by atoms with Crippen LogP contribution in [0, 0.1) is 13.8 Å². The van der Waals surface area contributed by atoms with Crippen molar-refractivity contribution in [3.8, 4) is 0 Å². The summed E-state index contributed by atoms with van der Waals surface area (Å²) in [7, 11) is 1.72. The van der Waals surface area contributed by atoms with Gasteiger partial charge in [-0.2, -0.15) is 0 Å². The highest BCUT2D eigenvalue weighted by molar-refractivity contribution is 7.80. The fraction of sp³-hybridized carbons (Fsp3) is 0.500. The van der Waals surface area contributed by atoms with Crippen LogP contribution in [0.1, 0.15) is 41.1 Å². The molecule has 2 aromatic rings. The van der Waals surface area contributed by atoms with E-state index in [1.807, 2.05) is 24.4 Å². The van der Waals surface area contributed by atoms with E-state index in [1.54, 1.807) is 7.11 Å². The van der Waals surface area contributed by atoms with Gasteiger partial charge in [0.1, 0.15) is 0 Å². The molecule has 0 bridgehead atoms. The van der Waals surface area contributed by atoms with Gasteiger partial charge in [0.2, 0.25) is 0 Å². The van der Waals surface area contributed by atoms with E-state index in [2.05, 4.69) is 39.7 Å². The zero-order valence-electron chi connectivity index (χ0n) is 16.2. The van der Waals surface area contributed by atoms with E-state index in [1.165, 1.54) is 17.0 Å². The molecule has 2 N–H and O–H groups in total. The summed E-state index contributed by atoms with van der Waals surface area (Å²) < 4.78 is 7.56. The Morgan fingerprint density at radius 1 is 1.30 bits per heavy atom. The van der Waals surface area contributed by atoms with E-state index in [-0.39, 0.29) is 18.7 Å². The van der Waals surface area contributed by atoms with Crippen molar-refractivity contribution in [2.75, 3.05) is 26.9 Å². The number of hydrogen-bond acceptors (Lipinski definition) is 4. The number of ether oxygens (including phenoxy) is 1. The molecule has 0 aliphatic carbocycles. The zero-order chi connectivity index (χ0) is 19.4. The maximum Gasteiger partial charge on any atom is 0.170 e. The van der Waals surface area contributed by atoms with Gasteiger partial charge in [-0.25, -0.2) is 0 Å². The Morgan fingerprint density at radius 3 is 2.78 bits per heavy atom. The number of pyridine rings is 1. The Kier molecular flexibility index (Phi) is 6.46. The van der Waals surface area contributed by atoms with Crippen molar-refractivity contribution in [3.05, 3.63) is 53.1 Å². The number of nitrogens with one attached hydrogen (secondary N) is 1. The minimum atomic E-state index is -0.0197. The van der Waals surface area contributed by atoms with Crippen molar-refractivity contribution in [3.63, 3.8) is 0 Å². The average molecular weight is 389 g/mol. The fourth-order valence-electron chi connectivity index (χ4n) is 3.88. The lowest BCUT2D eigenvalue weighted by Gasteiger charge is -2.28. The van der Waals surface area contributed by atoms with Crippen LogP contribution in [-0.2, 0) is 11.3 Å². The normalized spacial score (nSPS) is 19.6. The summed E-state index contributed by atoms with van der Waals surface area (Å²) in [6, 6.07) is 8.23. The first kappa shape index (κ1) is 19.8. The topological polar surface area (TPSA) is 62.5 Å². The minimum Gasteiger partial charge on any atom is -0.396 e. The molecular formula is C20H28N4O2S. The number of thiocarbonyl (C=S) groups is 1. The van der Waals surface area contributed by atoms with Gasteiger partial charge < -0.3 is 24.6 Å². The van der Waals surface area contributed by atoms with Gasteiger partial charge in [0.25, 0.3) is 0 Å². The van der Waals surface area contributed by atoms with Gasteiger partial charge in [0, 0.05) is 44.4 Å². The monoisotopic (exact) mass is 388 g/mol. The van der Waals surface area contributed by atoms with E-state index in [0.29, 0.717) is 24.7 Å². The largest absolute Gasteiger partial charge is 0.396 e. The molecule has 0 aromatic carbocycles. The van der Waals surface area contributed by atoms with Crippen molar-refractivity contribution >= 4 is 17.3 Å². The van der Waals surface area contributed by atoms with Gasteiger partial charge >= 0.3 is 0 Å². The van der Waals surface area contributed by atoms with E-state index in [0.717, 1.165) is 12.2 Å². The second kappa shape index (κ2) is 8.82. The molecular weight excluding hydrogens is 360 g/mol. The molecule has 7 heteroatoms. The lowest BCUT2D eigenvalue weighted by Crippen LogP contribution is -2.31. The van der Waals surface area contributed by atoms with Crippen LogP contribution in [0.25, 0.3) is 0 Å². The van der Waals surface area contributed by atoms with E-state index >= 15 is 0 Å². The molecule has 146 valence electrons. The van der Waals surface area contributed by atoms with Crippen molar-refractivity contribution < 1.29 is 9.84 Å². The molecule has 0 saturated carbocycles. The van der Waals surface area contributed by atoms with E-state index < -0.39 is 0 Å². The Morgan fingerprint density at radius 2 is 2.11 bits per heavy atom. The number of methoxy groups -OCH3 is 1. The summed E-state index contributed by atoms with van der Waals surface area (Å²) in [5, 5.41) is 13.5. The molecule has 0 radical (unpaired) electrons. The fourth-order valence-corrected chi connectivity index (χ4v) is 4.21. The highest BCUT2D eigenvalue weighted by Crippen LogP contribution is 2.40.